The SMILES string of the molecule is NCCn1c(NC2CCCCC2)nc2ccccc21. The number of hydrogen-bond acceptors (Lipinski definition) is 3. The Hall–Kier alpha value is -1.55. The van der Waals surface area contributed by atoms with Crippen LogP contribution in [0.2, 0.25) is 0 Å². The van der Waals surface area contributed by atoms with E-state index in [1.54, 1.807) is 0 Å². The number of para-hydroxylation sites is 2. The maximum absolute atomic E-state index is 5.74. The largest absolute Gasteiger partial charge is 0.353 e. The number of nitrogens with one attached hydrogen (secondary N) is 1. The van der Waals surface area contributed by atoms with E-state index in [1.165, 1.54) is 37.6 Å². The molecule has 1 aromatic heterocycles. The molecule has 0 spiro atoms. The molecule has 1 fully saturated rings. The van der Waals surface area contributed by atoms with Crippen molar-refractivity contribution in [1.82, 2.24) is 9.55 Å². The Kier molecular flexibility index (Phi) is 3.69. The molecule has 0 unspecified atom stereocenters. The van der Waals surface area contributed by atoms with Crippen molar-refractivity contribution in [2.45, 2.75) is 44.7 Å². The lowest BCUT2D eigenvalue weighted by molar-refractivity contribution is 0.459. The van der Waals surface area contributed by atoms with E-state index in [1.807, 2.05) is 6.07 Å². The summed E-state index contributed by atoms with van der Waals surface area (Å²) in [4.78, 5) is 4.72. The quantitative estimate of drug-likeness (QED) is 0.886. The van der Waals surface area contributed by atoms with E-state index >= 15 is 0 Å². The second-order valence-electron chi connectivity index (χ2n) is 5.34. The maximum atomic E-state index is 5.74. The van der Waals surface area contributed by atoms with Gasteiger partial charge in [-0.25, -0.2) is 4.98 Å². The monoisotopic (exact) mass is 258 g/mol. The number of benzene rings is 1. The van der Waals surface area contributed by atoms with Gasteiger partial charge in [0.2, 0.25) is 5.95 Å². The standard InChI is InChI=1S/C15H22N4/c16-10-11-19-14-9-5-4-8-13(14)18-15(19)17-12-6-2-1-3-7-12/h4-5,8-9,12H,1-3,6-7,10-11,16H2,(H,17,18). The van der Waals surface area contributed by atoms with Gasteiger partial charge in [0.1, 0.15) is 0 Å². The number of imidazole rings is 1. The molecule has 4 heteroatoms. The molecule has 2 aromatic rings. The van der Waals surface area contributed by atoms with Crippen molar-refractivity contribution in [3.63, 3.8) is 0 Å². The third-order valence-corrected chi connectivity index (χ3v) is 3.95. The van der Waals surface area contributed by atoms with Gasteiger partial charge in [0.15, 0.2) is 0 Å². The van der Waals surface area contributed by atoms with Gasteiger partial charge in [-0.15, -0.1) is 0 Å². The average Bonchev–Trinajstić information content (AvgIpc) is 2.79. The van der Waals surface area contributed by atoms with Crippen LogP contribution in [0.5, 0.6) is 0 Å². The topological polar surface area (TPSA) is 55.9 Å². The van der Waals surface area contributed by atoms with Gasteiger partial charge in [0.05, 0.1) is 11.0 Å². The van der Waals surface area contributed by atoms with Crippen LogP contribution in [-0.2, 0) is 6.54 Å². The van der Waals surface area contributed by atoms with Crippen LogP contribution >= 0.6 is 0 Å². The van der Waals surface area contributed by atoms with E-state index in [2.05, 4.69) is 28.1 Å². The maximum Gasteiger partial charge on any atom is 0.204 e. The summed E-state index contributed by atoms with van der Waals surface area (Å²) in [6, 6.07) is 8.84. The second kappa shape index (κ2) is 5.61. The molecule has 102 valence electrons. The zero-order chi connectivity index (χ0) is 13.1. The number of anilines is 1. The Morgan fingerprint density at radius 3 is 2.79 bits per heavy atom. The average molecular weight is 258 g/mol. The molecule has 0 radical (unpaired) electrons. The predicted molar refractivity (Wildman–Crippen MR) is 79.3 cm³/mol. The molecule has 1 aromatic carbocycles. The summed E-state index contributed by atoms with van der Waals surface area (Å²) in [5, 5.41) is 3.62. The first-order valence-corrected chi connectivity index (χ1v) is 7.30. The number of fused-ring (bicyclic) bond motifs is 1. The zero-order valence-electron chi connectivity index (χ0n) is 11.3. The molecule has 4 nitrogen and oxygen atoms in total. The van der Waals surface area contributed by atoms with Crippen LogP contribution < -0.4 is 11.1 Å². The molecule has 1 saturated carbocycles. The summed E-state index contributed by atoms with van der Waals surface area (Å²) in [6.07, 6.45) is 6.54. The van der Waals surface area contributed by atoms with Gasteiger partial charge in [-0.1, -0.05) is 31.4 Å². The van der Waals surface area contributed by atoms with Gasteiger partial charge in [0, 0.05) is 19.1 Å². The van der Waals surface area contributed by atoms with Crippen LogP contribution in [0.3, 0.4) is 0 Å². The lowest BCUT2D eigenvalue weighted by Gasteiger charge is -2.23. The summed E-state index contributed by atoms with van der Waals surface area (Å²) in [7, 11) is 0. The summed E-state index contributed by atoms with van der Waals surface area (Å²) in [5.74, 6) is 0.985. The first-order chi connectivity index (χ1) is 9.38. The lowest BCUT2D eigenvalue weighted by atomic mass is 9.96. The zero-order valence-corrected chi connectivity index (χ0v) is 11.3. The first kappa shape index (κ1) is 12.5. The highest BCUT2D eigenvalue weighted by molar-refractivity contribution is 5.78. The van der Waals surface area contributed by atoms with Gasteiger partial charge in [0.25, 0.3) is 0 Å². The van der Waals surface area contributed by atoms with Crippen LogP contribution in [0.15, 0.2) is 24.3 Å². The fraction of sp³-hybridized carbons (Fsp3) is 0.533. The number of hydrogen-bond donors (Lipinski definition) is 2. The fourth-order valence-electron chi connectivity index (χ4n) is 2.97. The van der Waals surface area contributed by atoms with Crippen LogP contribution in [0.4, 0.5) is 5.95 Å². The van der Waals surface area contributed by atoms with Crippen molar-refractivity contribution in [1.29, 1.82) is 0 Å². The molecule has 1 aliphatic carbocycles. The van der Waals surface area contributed by atoms with Crippen molar-refractivity contribution in [2.75, 3.05) is 11.9 Å². The Morgan fingerprint density at radius 1 is 1.21 bits per heavy atom. The van der Waals surface area contributed by atoms with Crippen LogP contribution in [0.1, 0.15) is 32.1 Å². The fourth-order valence-corrected chi connectivity index (χ4v) is 2.97. The van der Waals surface area contributed by atoms with E-state index in [9.17, 15) is 0 Å². The highest BCUT2D eigenvalue weighted by atomic mass is 15.2. The third-order valence-electron chi connectivity index (χ3n) is 3.95. The van der Waals surface area contributed by atoms with E-state index in [-0.39, 0.29) is 0 Å². The Balaban J connectivity index is 1.90. The Bertz CT molecular complexity index is 540. The minimum Gasteiger partial charge on any atom is -0.353 e. The minimum absolute atomic E-state index is 0.571. The number of aromatic nitrogens is 2. The molecule has 0 atom stereocenters. The molecule has 3 rings (SSSR count). The van der Waals surface area contributed by atoms with Crippen molar-refractivity contribution in [3.05, 3.63) is 24.3 Å². The normalized spacial score (nSPS) is 16.9. The highest BCUT2D eigenvalue weighted by Gasteiger charge is 2.16. The van der Waals surface area contributed by atoms with Gasteiger partial charge in [-0.2, -0.15) is 0 Å². The lowest BCUT2D eigenvalue weighted by Crippen LogP contribution is -2.25. The highest BCUT2D eigenvalue weighted by Crippen LogP contribution is 2.24. The molecule has 0 saturated heterocycles. The molecule has 0 aliphatic heterocycles. The Morgan fingerprint density at radius 2 is 2.00 bits per heavy atom. The van der Waals surface area contributed by atoms with Gasteiger partial charge >= 0.3 is 0 Å². The molecule has 1 heterocycles. The number of nitrogens with two attached hydrogens (primary N) is 1. The third kappa shape index (κ3) is 2.59. The molecule has 19 heavy (non-hydrogen) atoms. The number of nitrogens with zero attached hydrogens (tertiary/aromatic N) is 2. The predicted octanol–water partition coefficient (Wildman–Crippen LogP) is 2.74. The van der Waals surface area contributed by atoms with Crippen molar-refractivity contribution in [2.24, 2.45) is 5.73 Å². The smallest absolute Gasteiger partial charge is 0.204 e. The van der Waals surface area contributed by atoms with Crippen molar-refractivity contribution >= 4 is 17.0 Å². The van der Waals surface area contributed by atoms with E-state index in [4.69, 9.17) is 10.7 Å². The molecule has 0 amide bonds. The molecular formula is C15H22N4. The first-order valence-electron chi connectivity index (χ1n) is 7.30. The number of rotatable bonds is 4. The van der Waals surface area contributed by atoms with Crippen LogP contribution in [0.25, 0.3) is 11.0 Å². The Labute approximate surface area is 114 Å². The summed E-state index contributed by atoms with van der Waals surface area (Å²) in [6.45, 7) is 1.45. The minimum atomic E-state index is 0.571. The van der Waals surface area contributed by atoms with Gasteiger partial charge < -0.3 is 15.6 Å². The molecular weight excluding hydrogens is 236 g/mol. The van der Waals surface area contributed by atoms with E-state index < -0.39 is 0 Å². The van der Waals surface area contributed by atoms with Crippen molar-refractivity contribution < 1.29 is 0 Å². The van der Waals surface area contributed by atoms with Gasteiger partial charge in [-0.3, -0.25) is 0 Å². The van der Waals surface area contributed by atoms with Gasteiger partial charge in [-0.05, 0) is 25.0 Å². The molecule has 1 aliphatic rings. The van der Waals surface area contributed by atoms with Crippen LogP contribution in [0, 0.1) is 0 Å². The van der Waals surface area contributed by atoms with E-state index in [0.717, 1.165) is 18.0 Å². The second-order valence-corrected chi connectivity index (χ2v) is 5.34. The summed E-state index contributed by atoms with van der Waals surface area (Å²) >= 11 is 0. The molecule has 0 bridgehead atoms. The molecule has 3 N–H and O–H groups in total. The van der Waals surface area contributed by atoms with E-state index in [0.29, 0.717) is 12.6 Å². The van der Waals surface area contributed by atoms with Crippen molar-refractivity contribution in [3.8, 4) is 0 Å². The summed E-state index contributed by atoms with van der Waals surface area (Å²) < 4.78 is 2.21. The van der Waals surface area contributed by atoms with Crippen LogP contribution in [-0.4, -0.2) is 22.1 Å². The summed E-state index contributed by atoms with van der Waals surface area (Å²) in [5.41, 5.74) is 7.96.